The average molecular weight is 528 g/mol. The second-order valence-electron chi connectivity index (χ2n) is 11.0. The van der Waals surface area contributed by atoms with Crippen LogP contribution in [0.3, 0.4) is 0 Å². The van der Waals surface area contributed by atoms with Gasteiger partial charge in [-0.25, -0.2) is 4.98 Å². The number of fused-ring (bicyclic) bond motifs is 5. The maximum atomic E-state index is 7.88. The van der Waals surface area contributed by atoms with Crippen LogP contribution in [0.5, 0.6) is 0 Å². The molecule has 0 N–H and O–H groups in total. The molecule has 0 aliphatic heterocycles. The van der Waals surface area contributed by atoms with Crippen molar-refractivity contribution in [3.8, 4) is 17.1 Å². The van der Waals surface area contributed by atoms with Gasteiger partial charge < -0.3 is 0 Å². The topological polar surface area (TPSA) is 17.8 Å². The van der Waals surface area contributed by atoms with Crippen LogP contribution >= 0.6 is 11.3 Å². The summed E-state index contributed by atoms with van der Waals surface area (Å²) in [6, 6.07) is 31.4. The number of thiophene rings is 1. The van der Waals surface area contributed by atoms with E-state index in [-0.39, 0.29) is 0 Å². The Morgan fingerprint density at radius 1 is 0.744 bits per heavy atom. The molecule has 0 fully saturated rings. The molecule has 39 heavy (non-hydrogen) atoms. The number of aryl methyl sites for hydroxylation is 1. The largest absolute Gasteiger partial charge is 0.292 e. The molecule has 0 unspecified atom stereocenters. The Kier molecular flexibility index (Phi) is 4.87. The monoisotopic (exact) mass is 527 g/mol. The smallest absolute Gasteiger partial charge is 0.147 e. The fourth-order valence-electron chi connectivity index (χ4n) is 5.92. The molecule has 192 valence electrons. The number of benzene rings is 5. The summed E-state index contributed by atoms with van der Waals surface area (Å²) in [7, 11) is 0. The number of rotatable bonds is 4. The Balaban J connectivity index is 1.55. The summed E-state index contributed by atoms with van der Waals surface area (Å²) in [6.07, 6.45) is 0. The lowest BCUT2D eigenvalue weighted by atomic mass is 9.92. The number of hydrogen-bond acceptors (Lipinski definition) is 2. The van der Waals surface area contributed by atoms with Crippen molar-refractivity contribution in [1.29, 1.82) is 0 Å². The molecule has 0 aliphatic rings. The Bertz CT molecular complexity index is 2120. The average Bonchev–Trinajstić information content (AvgIpc) is 3.52. The predicted molar refractivity (Wildman–Crippen MR) is 170 cm³/mol. The number of para-hydroxylation sites is 3. The van der Waals surface area contributed by atoms with E-state index in [4.69, 9.17) is 9.10 Å². The van der Waals surface area contributed by atoms with Crippen molar-refractivity contribution in [2.45, 2.75) is 46.4 Å². The Hall–Kier alpha value is -3.95. The highest BCUT2D eigenvalue weighted by Crippen LogP contribution is 2.44. The molecule has 0 aliphatic carbocycles. The molecule has 0 saturated heterocycles. The quantitative estimate of drug-likeness (QED) is 0.223. The Labute approximate surface area is 237 Å². The van der Waals surface area contributed by atoms with Gasteiger partial charge in [-0.1, -0.05) is 93.9 Å². The molecule has 7 aromatic rings. The third kappa shape index (κ3) is 3.79. The summed E-state index contributed by atoms with van der Waals surface area (Å²) < 4.78 is 28.4. The second kappa shape index (κ2) is 9.07. The van der Waals surface area contributed by atoms with Crippen LogP contribution in [0.2, 0.25) is 0 Å². The maximum Gasteiger partial charge on any atom is 0.147 e. The number of imidazole rings is 1. The van der Waals surface area contributed by atoms with Gasteiger partial charge in [-0.3, -0.25) is 4.57 Å². The molecule has 0 spiro atoms. The summed E-state index contributed by atoms with van der Waals surface area (Å²) in [4.78, 5) is 5.28. The van der Waals surface area contributed by atoms with Gasteiger partial charge in [-0.15, -0.1) is 11.3 Å². The summed E-state index contributed by atoms with van der Waals surface area (Å²) in [5, 5.41) is 4.29. The molecule has 7 rings (SSSR count). The molecule has 2 nitrogen and oxygen atoms in total. The number of aromatic nitrogens is 2. The lowest BCUT2D eigenvalue weighted by Gasteiger charge is -2.22. The molecule has 2 heterocycles. The van der Waals surface area contributed by atoms with Crippen LogP contribution in [-0.4, -0.2) is 9.55 Å². The van der Waals surface area contributed by atoms with Crippen molar-refractivity contribution >= 4 is 53.3 Å². The first-order valence-electron chi connectivity index (χ1n) is 15.1. The van der Waals surface area contributed by atoms with Crippen molar-refractivity contribution < 1.29 is 4.11 Å². The van der Waals surface area contributed by atoms with Crippen LogP contribution in [0, 0.1) is 6.85 Å². The van der Waals surface area contributed by atoms with Gasteiger partial charge in [-0.2, -0.15) is 0 Å². The first kappa shape index (κ1) is 20.9. The molecular formula is C36H32N2S. The minimum atomic E-state index is -2.13. The highest BCUT2D eigenvalue weighted by atomic mass is 32.1. The zero-order valence-corrected chi connectivity index (χ0v) is 23.4. The normalized spacial score (nSPS) is 13.6. The van der Waals surface area contributed by atoms with Crippen LogP contribution in [-0.2, 0) is 0 Å². The maximum absolute atomic E-state index is 7.88. The van der Waals surface area contributed by atoms with Gasteiger partial charge in [0.25, 0.3) is 0 Å². The number of nitrogens with zero attached hydrogens (tertiary/aromatic N) is 2. The molecular weight excluding hydrogens is 492 g/mol. The van der Waals surface area contributed by atoms with Crippen LogP contribution in [0.15, 0.2) is 91.0 Å². The molecule has 0 bridgehead atoms. The second-order valence-corrected chi connectivity index (χ2v) is 12.1. The lowest BCUT2D eigenvalue weighted by Crippen LogP contribution is -2.08. The van der Waals surface area contributed by atoms with E-state index in [1.54, 1.807) is 17.4 Å². The van der Waals surface area contributed by atoms with Crippen molar-refractivity contribution in [2.24, 2.45) is 0 Å². The van der Waals surface area contributed by atoms with E-state index in [1.165, 1.54) is 26.2 Å². The zero-order valence-electron chi connectivity index (χ0n) is 25.6. The van der Waals surface area contributed by atoms with Gasteiger partial charge >= 0.3 is 0 Å². The van der Waals surface area contributed by atoms with Gasteiger partial charge in [0.2, 0.25) is 0 Å². The van der Waals surface area contributed by atoms with Crippen molar-refractivity contribution in [3.63, 3.8) is 0 Å². The van der Waals surface area contributed by atoms with Crippen molar-refractivity contribution in [3.05, 3.63) is 108 Å². The fourth-order valence-corrected chi connectivity index (χ4v) is 7.16. The first-order chi connectivity index (χ1) is 20.1. The summed E-state index contributed by atoms with van der Waals surface area (Å²) in [6.45, 7) is 6.91. The van der Waals surface area contributed by atoms with Gasteiger partial charge in [0.15, 0.2) is 0 Å². The van der Waals surface area contributed by atoms with Crippen molar-refractivity contribution in [2.75, 3.05) is 0 Å². The van der Waals surface area contributed by atoms with Crippen molar-refractivity contribution in [1.82, 2.24) is 9.55 Å². The van der Waals surface area contributed by atoms with Crippen LogP contribution in [0.4, 0.5) is 0 Å². The lowest BCUT2D eigenvalue weighted by molar-refractivity contribution is 0.811. The molecule has 0 amide bonds. The summed E-state index contributed by atoms with van der Waals surface area (Å²) >= 11 is 1.78. The highest BCUT2D eigenvalue weighted by molar-refractivity contribution is 7.26. The third-order valence-corrected chi connectivity index (χ3v) is 9.03. The summed E-state index contributed by atoms with van der Waals surface area (Å²) in [5.74, 6) is 1.64. The molecule has 0 atom stereocenters. The van der Waals surface area contributed by atoms with Crippen LogP contribution < -0.4 is 0 Å². The SMILES string of the molecule is [2H]C([2H])([2H])c1ccc2cc3sc4c(-c5nc6ccccc6n5-c5c(C(C)C)cccc5C(C)C)cccc4c3cc2c1. The molecule has 0 radical (unpaired) electrons. The van der Waals surface area contributed by atoms with Crippen LogP contribution in [0.25, 0.3) is 59.1 Å². The number of hydrogen-bond donors (Lipinski definition) is 0. The van der Waals surface area contributed by atoms with E-state index >= 15 is 0 Å². The fraction of sp³-hybridized carbons (Fsp3) is 0.194. The molecule has 2 aromatic heterocycles. The highest BCUT2D eigenvalue weighted by Gasteiger charge is 2.23. The van der Waals surface area contributed by atoms with Crippen LogP contribution in [0.1, 0.15) is 60.3 Å². The van der Waals surface area contributed by atoms with Gasteiger partial charge in [0, 0.05) is 29.8 Å². The van der Waals surface area contributed by atoms with E-state index in [9.17, 15) is 0 Å². The van der Waals surface area contributed by atoms with E-state index in [1.807, 2.05) is 12.1 Å². The zero-order chi connectivity index (χ0) is 29.3. The Morgan fingerprint density at radius 3 is 2.28 bits per heavy atom. The predicted octanol–water partition coefficient (Wildman–Crippen LogP) is 10.8. The minimum absolute atomic E-state index is 0.347. The molecule has 3 heteroatoms. The van der Waals surface area contributed by atoms with E-state index in [0.29, 0.717) is 17.4 Å². The minimum Gasteiger partial charge on any atom is -0.292 e. The van der Waals surface area contributed by atoms with E-state index in [2.05, 4.69) is 105 Å². The van der Waals surface area contributed by atoms with Gasteiger partial charge in [0.05, 0.1) is 16.7 Å². The van der Waals surface area contributed by atoms with Gasteiger partial charge in [0.1, 0.15) is 5.82 Å². The molecule has 5 aromatic carbocycles. The first-order valence-corrected chi connectivity index (χ1v) is 14.4. The Morgan fingerprint density at radius 2 is 1.51 bits per heavy atom. The third-order valence-electron chi connectivity index (χ3n) is 7.82. The van der Waals surface area contributed by atoms with E-state index < -0.39 is 6.85 Å². The van der Waals surface area contributed by atoms with Gasteiger partial charge in [-0.05, 0) is 70.9 Å². The standard InChI is InChI=1S/C36H32N2S/c1-21(2)26-10-8-11-27(22(3)4)34(26)38-32-15-7-6-14-31(32)37-36(38)29-13-9-12-28-30-19-25-18-23(5)16-17-24(25)20-33(30)39-35(28)29/h6-22H,1-5H3/i5D3. The summed E-state index contributed by atoms with van der Waals surface area (Å²) in [5.41, 5.74) is 7.40. The van der Waals surface area contributed by atoms with E-state index in [0.717, 1.165) is 44.0 Å². The molecule has 0 saturated carbocycles.